The Labute approximate surface area is 101 Å². The molecule has 2 heterocycles. The number of nitrogens with one attached hydrogen (secondary N) is 1. The number of aliphatic imine (C=N–C) groups is 1. The fourth-order valence-corrected chi connectivity index (χ4v) is 2.70. The van der Waals surface area contributed by atoms with Gasteiger partial charge in [0.25, 0.3) is 0 Å². The molecular formula is C11H18N4S. The third kappa shape index (κ3) is 3.01. The van der Waals surface area contributed by atoms with Crippen molar-refractivity contribution >= 4 is 22.7 Å². The monoisotopic (exact) mass is 238 g/mol. The zero-order valence-electron chi connectivity index (χ0n) is 9.97. The van der Waals surface area contributed by atoms with Crippen molar-refractivity contribution in [1.29, 1.82) is 0 Å². The van der Waals surface area contributed by atoms with Gasteiger partial charge in [0.15, 0.2) is 11.0 Å². The topological polar surface area (TPSA) is 42.2 Å². The summed E-state index contributed by atoms with van der Waals surface area (Å²) in [4.78, 5) is 4.65. The molecule has 0 radical (unpaired) electrons. The van der Waals surface area contributed by atoms with Gasteiger partial charge in [0, 0.05) is 25.1 Å². The number of rotatable bonds is 3. The maximum atomic E-state index is 4.65. The predicted octanol–water partition coefficient (Wildman–Crippen LogP) is 2.35. The van der Waals surface area contributed by atoms with Crippen molar-refractivity contribution in [2.75, 3.05) is 11.1 Å². The van der Waals surface area contributed by atoms with Gasteiger partial charge >= 0.3 is 0 Å². The molecule has 1 N–H and O–H groups in total. The standard InChI is InChI=1S/C11H18N4S/c1-8(2)6-9-7-16-11(12-9)13-10-4-5-15(3)14-10/h4-5,8-9H,6-7H2,1-3H3,(H,12,13,14). The van der Waals surface area contributed by atoms with E-state index < -0.39 is 0 Å². The molecule has 0 saturated heterocycles. The summed E-state index contributed by atoms with van der Waals surface area (Å²) < 4.78 is 1.79. The lowest BCUT2D eigenvalue weighted by Gasteiger charge is -2.07. The molecule has 0 spiro atoms. The van der Waals surface area contributed by atoms with Crippen LogP contribution in [0.15, 0.2) is 17.3 Å². The summed E-state index contributed by atoms with van der Waals surface area (Å²) in [5.41, 5.74) is 0. The van der Waals surface area contributed by atoms with Crippen molar-refractivity contribution in [3.63, 3.8) is 0 Å². The summed E-state index contributed by atoms with van der Waals surface area (Å²) in [5.74, 6) is 2.68. The van der Waals surface area contributed by atoms with Crippen molar-refractivity contribution in [2.24, 2.45) is 18.0 Å². The van der Waals surface area contributed by atoms with E-state index in [2.05, 4.69) is 29.3 Å². The van der Waals surface area contributed by atoms with Gasteiger partial charge in [0.2, 0.25) is 0 Å². The maximum absolute atomic E-state index is 4.65. The van der Waals surface area contributed by atoms with E-state index in [1.165, 1.54) is 6.42 Å². The molecule has 88 valence electrons. The summed E-state index contributed by atoms with van der Waals surface area (Å²) in [6.45, 7) is 4.48. The highest BCUT2D eigenvalue weighted by molar-refractivity contribution is 8.14. The van der Waals surface area contributed by atoms with E-state index in [-0.39, 0.29) is 0 Å². The Hall–Kier alpha value is -0.970. The highest BCUT2D eigenvalue weighted by Crippen LogP contribution is 2.23. The number of nitrogens with zero attached hydrogens (tertiary/aromatic N) is 3. The van der Waals surface area contributed by atoms with E-state index in [4.69, 9.17) is 0 Å². The number of anilines is 1. The first kappa shape index (κ1) is 11.5. The van der Waals surface area contributed by atoms with Crippen molar-refractivity contribution < 1.29 is 0 Å². The molecule has 1 aromatic rings. The van der Waals surface area contributed by atoms with E-state index in [0.717, 1.165) is 16.7 Å². The molecule has 16 heavy (non-hydrogen) atoms. The molecule has 0 fully saturated rings. The molecule has 0 saturated carbocycles. The van der Waals surface area contributed by atoms with Gasteiger partial charge in [-0.2, -0.15) is 5.10 Å². The fourth-order valence-electron chi connectivity index (χ4n) is 1.74. The molecule has 0 amide bonds. The highest BCUT2D eigenvalue weighted by atomic mass is 32.2. The molecule has 0 aromatic carbocycles. The van der Waals surface area contributed by atoms with E-state index in [0.29, 0.717) is 12.0 Å². The van der Waals surface area contributed by atoms with Gasteiger partial charge < -0.3 is 5.32 Å². The second-order valence-electron chi connectivity index (χ2n) is 4.53. The lowest BCUT2D eigenvalue weighted by atomic mass is 10.1. The molecule has 0 bridgehead atoms. The Bertz CT molecular complexity index is 383. The second kappa shape index (κ2) is 4.91. The van der Waals surface area contributed by atoms with E-state index >= 15 is 0 Å². The van der Waals surface area contributed by atoms with Crippen LogP contribution in [-0.2, 0) is 7.05 Å². The van der Waals surface area contributed by atoms with Crippen LogP contribution in [0.3, 0.4) is 0 Å². The quantitative estimate of drug-likeness (QED) is 0.879. The predicted molar refractivity (Wildman–Crippen MR) is 70.0 cm³/mol. The SMILES string of the molecule is CC(C)CC1CSC(Nc2ccn(C)n2)=N1. The van der Waals surface area contributed by atoms with Crippen LogP contribution in [0.4, 0.5) is 5.82 Å². The molecular weight excluding hydrogens is 220 g/mol. The molecule has 2 rings (SSSR count). The van der Waals surface area contributed by atoms with E-state index in [1.807, 2.05) is 19.3 Å². The summed E-state index contributed by atoms with van der Waals surface area (Å²) in [5, 5.41) is 8.52. The van der Waals surface area contributed by atoms with Gasteiger partial charge in [-0.25, -0.2) is 0 Å². The third-order valence-electron chi connectivity index (χ3n) is 2.40. The lowest BCUT2D eigenvalue weighted by molar-refractivity contribution is 0.529. The van der Waals surface area contributed by atoms with Crippen LogP contribution in [0, 0.1) is 5.92 Å². The van der Waals surface area contributed by atoms with Gasteiger partial charge in [-0.15, -0.1) is 0 Å². The van der Waals surface area contributed by atoms with Gasteiger partial charge in [0.1, 0.15) is 0 Å². The minimum Gasteiger partial charge on any atom is -0.318 e. The smallest absolute Gasteiger partial charge is 0.162 e. The van der Waals surface area contributed by atoms with Crippen molar-refractivity contribution in [2.45, 2.75) is 26.3 Å². The fraction of sp³-hybridized carbons (Fsp3) is 0.636. The number of amidine groups is 1. The van der Waals surface area contributed by atoms with Gasteiger partial charge in [-0.3, -0.25) is 9.67 Å². The lowest BCUT2D eigenvalue weighted by Crippen LogP contribution is -2.08. The second-order valence-corrected chi connectivity index (χ2v) is 5.54. The van der Waals surface area contributed by atoms with Crippen LogP contribution in [0.5, 0.6) is 0 Å². The van der Waals surface area contributed by atoms with Gasteiger partial charge in [0.05, 0.1) is 6.04 Å². The first-order valence-electron chi connectivity index (χ1n) is 5.61. The minimum atomic E-state index is 0.469. The van der Waals surface area contributed by atoms with E-state index in [1.54, 1.807) is 16.4 Å². The molecule has 1 unspecified atom stereocenters. The first-order chi connectivity index (χ1) is 7.63. The van der Waals surface area contributed by atoms with Crippen LogP contribution < -0.4 is 5.32 Å². The van der Waals surface area contributed by atoms with Gasteiger partial charge in [-0.1, -0.05) is 25.6 Å². The summed E-state index contributed by atoms with van der Waals surface area (Å²) in [6.07, 6.45) is 3.09. The van der Waals surface area contributed by atoms with Crippen LogP contribution >= 0.6 is 11.8 Å². The Morgan fingerprint density at radius 2 is 2.44 bits per heavy atom. The minimum absolute atomic E-state index is 0.469. The van der Waals surface area contributed by atoms with Gasteiger partial charge in [-0.05, 0) is 12.3 Å². The average Bonchev–Trinajstić information content (AvgIpc) is 2.76. The normalized spacial score (nSPS) is 20.2. The Morgan fingerprint density at radius 3 is 3.06 bits per heavy atom. The Kier molecular flexibility index (Phi) is 3.53. The number of hydrogen-bond donors (Lipinski definition) is 1. The molecule has 1 atom stereocenters. The molecule has 5 heteroatoms. The van der Waals surface area contributed by atoms with Crippen molar-refractivity contribution in [3.8, 4) is 0 Å². The molecule has 1 aliphatic heterocycles. The van der Waals surface area contributed by atoms with Crippen LogP contribution in [0.2, 0.25) is 0 Å². The zero-order valence-corrected chi connectivity index (χ0v) is 10.8. The average molecular weight is 238 g/mol. The van der Waals surface area contributed by atoms with Crippen LogP contribution in [0.25, 0.3) is 0 Å². The van der Waals surface area contributed by atoms with Crippen LogP contribution in [0.1, 0.15) is 20.3 Å². The number of thioether (sulfide) groups is 1. The first-order valence-corrected chi connectivity index (χ1v) is 6.59. The van der Waals surface area contributed by atoms with Crippen molar-refractivity contribution in [1.82, 2.24) is 9.78 Å². The summed E-state index contributed by atoms with van der Waals surface area (Å²) in [6, 6.07) is 2.43. The molecule has 4 nitrogen and oxygen atoms in total. The number of aromatic nitrogens is 2. The Balaban J connectivity index is 1.91. The summed E-state index contributed by atoms with van der Waals surface area (Å²) in [7, 11) is 1.91. The van der Waals surface area contributed by atoms with Crippen LogP contribution in [-0.4, -0.2) is 26.7 Å². The third-order valence-corrected chi connectivity index (χ3v) is 3.44. The van der Waals surface area contributed by atoms with Crippen molar-refractivity contribution in [3.05, 3.63) is 12.3 Å². The molecule has 1 aliphatic rings. The highest BCUT2D eigenvalue weighted by Gasteiger charge is 2.19. The molecule has 0 aliphatic carbocycles. The maximum Gasteiger partial charge on any atom is 0.162 e. The van der Waals surface area contributed by atoms with E-state index in [9.17, 15) is 0 Å². The number of aryl methyl sites for hydroxylation is 1. The zero-order chi connectivity index (χ0) is 11.5. The number of hydrogen-bond acceptors (Lipinski definition) is 4. The summed E-state index contributed by atoms with van der Waals surface area (Å²) >= 11 is 1.79. The largest absolute Gasteiger partial charge is 0.318 e. The molecule has 1 aromatic heterocycles. The Morgan fingerprint density at radius 1 is 1.62 bits per heavy atom.